The Morgan fingerprint density at radius 2 is 2.29 bits per heavy atom. The summed E-state index contributed by atoms with van der Waals surface area (Å²) in [5.41, 5.74) is 0. The molecule has 0 amide bonds. The van der Waals surface area contributed by atoms with E-state index in [2.05, 4.69) is 0 Å². The highest BCUT2D eigenvalue weighted by molar-refractivity contribution is 7.89. The van der Waals surface area contributed by atoms with E-state index in [4.69, 9.17) is 5.14 Å². The minimum absolute atomic E-state index is 0.649. The van der Waals surface area contributed by atoms with Crippen LogP contribution in [0.3, 0.4) is 0 Å². The van der Waals surface area contributed by atoms with Crippen molar-refractivity contribution in [3.05, 3.63) is 0 Å². The van der Waals surface area contributed by atoms with Crippen LogP contribution in [0.2, 0.25) is 0 Å². The maximum absolute atomic E-state index is 10.1. The summed E-state index contributed by atoms with van der Waals surface area (Å²) in [5.74, 6) is 0.649. The molecule has 0 aromatic heterocycles. The molecule has 0 saturated heterocycles. The monoisotopic (exact) mass is 121 g/mol. The van der Waals surface area contributed by atoms with Gasteiger partial charge in [-0.2, -0.15) is 5.14 Å². The van der Waals surface area contributed by atoms with Gasteiger partial charge in [-0.05, 0) is 6.42 Å². The summed E-state index contributed by atoms with van der Waals surface area (Å²) in [5, 5.41) is 4.95. The zero-order chi connectivity index (χ0) is 5.70. The molecule has 0 radical (unpaired) electrons. The molecule has 1 unspecified atom stereocenters. The lowest BCUT2D eigenvalue weighted by Gasteiger charge is -1.99. The summed E-state index contributed by atoms with van der Waals surface area (Å²) in [6, 6.07) is 0. The van der Waals surface area contributed by atoms with Crippen molar-refractivity contribution in [3.8, 4) is 0 Å². The molecule has 0 rings (SSSR count). The molecule has 44 valence electrons. The third-order valence-corrected chi connectivity index (χ3v) is 1.39. The number of rotatable bonds is 3. The molecule has 2 N–H and O–H groups in total. The molecule has 0 saturated carbocycles. The number of nitrogens with two attached hydrogens (primary N) is 1. The quantitative estimate of drug-likeness (QED) is 0.550. The van der Waals surface area contributed by atoms with Crippen molar-refractivity contribution in [2.24, 2.45) is 5.14 Å². The minimum atomic E-state index is -1.07. The first-order valence-corrected chi connectivity index (χ1v) is 3.78. The SMILES string of the molecule is CCCC[S+](N)[O-]. The molecule has 2 nitrogen and oxygen atoms in total. The Morgan fingerprint density at radius 1 is 1.71 bits per heavy atom. The normalized spacial score (nSPS) is 14.1. The lowest BCUT2D eigenvalue weighted by atomic mass is 10.4. The van der Waals surface area contributed by atoms with Crippen molar-refractivity contribution < 1.29 is 4.55 Å². The van der Waals surface area contributed by atoms with Gasteiger partial charge in [0.05, 0.1) is 0 Å². The third-order valence-electron chi connectivity index (χ3n) is 0.699. The highest BCUT2D eigenvalue weighted by atomic mass is 32.2. The standard InChI is InChI=1S/C4H11NOS/c1-2-3-4-7(5)6/h2-5H2,1H3. The van der Waals surface area contributed by atoms with E-state index in [1.807, 2.05) is 6.92 Å². The Morgan fingerprint density at radius 3 is 2.43 bits per heavy atom. The summed E-state index contributed by atoms with van der Waals surface area (Å²) in [7, 11) is 0. The van der Waals surface area contributed by atoms with Crippen molar-refractivity contribution >= 4 is 11.4 Å². The van der Waals surface area contributed by atoms with E-state index in [1.54, 1.807) is 0 Å². The van der Waals surface area contributed by atoms with E-state index in [1.165, 1.54) is 0 Å². The van der Waals surface area contributed by atoms with Crippen molar-refractivity contribution in [2.45, 2.75) is 19.8 Å². The third kappa shape index (κ3) is 6.27. The molecule has 0 aromatic rings. The fourth-order valence-corrected chi connectivity index (χ4v) is 0.860. The maximum Gasteiger partial charge on any atom is 0.125 e. The molecule has 0 aliphatic rings. The van der Waals surface area contributed by atoms with Crippen LogP contribution in [-0.2, 0) is 11.4 Å². The van der Waals surface area contributed by atoms with Crippen molar-refractivity contribution in [3.63, 3.8) is 0 Å². The van der Waals surface area contributed by atoms with Gasteiger partial charge in [-0.3, -0.25) is 0 Å². The number of hydrogen-bond donors (Lipinski definition) is 1. The first-order chi connectivity index (χ1) is 3.27. The van der Waals surface area contributed by atoms with Crippen LogP contribution in [0.5, 0.6) is 0 Å². The van der Waals surface area contributed by atoms with Crippen molar-refractivity contribution in [1.29, 1.82) is 0 Å². The van der Waals surface area contributed by atoms with Crippen LogP contribution in [-0.4, -0.2) is 10.3 Å². The lowest BCUT2D eigenvalue weighted by Crippen LogP contribution is -2.15. The van der Waals surface area contributed by atoms with Crippen LogP contribution in [0.15, 0.2) is 0 Å². The molecular formula is C4H11NOS. The van der Waals surface area contributed by atoms with Gasteiger partial charge in [0.15, 0.2) is 0 Å². The smallest absolute Gasteiger partial charge is 0.125 e. The van der Waals surface area contributed by atoms with Crippen LogP contribution < -0.4 is 5.14 Å². The fraction of sp³-hybridized carbons (Fsp3) is 1.00. The average molecular weight is 121 g/mol. The van der Waals surface area contributed by atoms with Crippen LogP contribution >= 0.6 is 0 Å². The topological polar surface area (TPSA) is 49.1 Å². The highest BCUT2D eigenvalue weighted by Gasteiger charge is 1.92. The predicted molar refractivity (Wildman–Crippen MR) is 32.1 cm³/mol. The lowest BCUT2D eigenvalue weighted by molar-refractivity contribution is 0.593. The molecule has 0 spiro atoms. The molecule has 3 heteroatoms. The number of unbranched alkanes of at least 4 members (excludes halogenated alkanes) is 1. The van der Waals surface area contributed by atoms with Gasteiger partial charge in [0.2, 0.25) is 0 Å². The Balaban J connectivity index is 2.68. The van der Waals surface area contributed by atoms with E-state index in [-0.39, 0.29) is 0 Å². The molecule has 0 aliphatic heterocycles. The summed E-state index contributed by atoms with van der Waals surface area (Å²) in [6.45, 7) is 2.05. The van der Waals surface area contributed by atoms with Gasteiger partial charge >= 0.3 is 0 Å². The summed E-state index contributed by atoms with van der Waals surface area (Å²) in [6.07, 6.45) is 2.05. The fourth-order valence-electron chi connectivity index (χ4n) is 0.287. The van der Waals surface area contributed by atoms with Gasteiger partial charge in [-0.25, -0.2) is 0 Å². The van der Waals surface area contributed by atoms with Gasteiger partial charge in [-0.15, -0.1) is 0 Å². The molecule has 0 heterocycles. The highest BCUT2D eigenvalue weighted by Crippen LogP contribution is 1.88. The van der Waals surface area contributed by atoms with Gasteiger partial charge in [-0.1, -0.05) is 13.3 Å². The molecule has 0 aliphatic carbocycles. The summed E-state index contributed by atoms with van der Waals surface area (Å²) in [4.78, 5) is 0. The first kappa shape index (κ1) is 7.27. The summed E-state index contributed by atoms with van der Waals surface area (Å²) < 4.78 is 10.1. The van der Waals surface area contributed by atoms with Crippen molar-refractivity contribution in [1.82, 2.24) is 0 Å². The minimum Gasteiger partial charge on any atom is -0.598 e. The molecule has 1 atom stereocenters. The molecule has 0 fully saturated rings. The molecule has 7 heavy (non-hydrogen) atoms. The first-order valence-electron chi connectivity index (χ1n) is 2.40. The van der Waals surface area contributed by atoms with Crippen molar-refractivity contribution in [2.75, 3.05) is 5.75 Å². The Hall–Kier alpha value is 0.270. The van der Waals surface area contributed by atoms with E-state index < -0.39 is 11.4 Å². The predicted octanol–water partition coefficient (Wildman–Crippen LogP) is 0.409. The second-order valence-corrected chi connectivity index (χ2v) is 2.61. The number of hydrogen-bond acceptors (Lipinski definition) is 2. The van der Waals surface area contributed by atoms with Crippen LogP contribution in [0.25, 0.3) is 0 Å². The Labute approximate surface area is 47.4 Å². The van der Waals surface area contributed by atoms with E-state index >= 15 is 0 Å². The largest absolute Gasteiger partial charge is 0.598 e. The van der Waals surface area contributed by atoms with Gasteiger partial charge in [0, 0.05) is 11.4 Å². The zero-order valence-electron chi connectivity index (χ0n) is 4.52. The van der Waals surface area contributed by atoms with Crippen LogP contribution in [0.1, 0.15) is 19.8 Å². The Bertz CT molecular complexity index is 40.7. The van der Waals surface area contributed by atoms with Gasteiger partial charge < -0.3 is 4.55 Å². The second-order valence-electron chi connectivity index (χ2n) is 1.44. The molecule has 0 bridgehead atoms. The van der Waals surface area contributed by atoms with E-state index in [0.717, 1.165) is 12.8 Å². The van der Waals surface area contributed by atoms with Gasteiger partial charge in [0.25, 0.3) is 0 Å². The summed E-state index contributed by atoms with van der Waals surface area (Å²) >= 11 is -1.07. The van der Waals surface area contributed by atoms with Gasteiger partial charge in [0.1, 0.15) is 5.75 Å². The zero-order valence-corrected chi connectivity index (χ0v) is 5.33. The van der Waals surface area contributed by atoms with E-state index in [9.17, 15) is 4.55 Å². The maximum atomic E-state index is 10.1. The molecular weight excluding hydrogens is 110 g/mol. The van der Waals surface area contributed by atoms with E-state index in [0.29, 0.717) is 5.75 Å². The van der Waals surface area contributed by atoms with Crippen LogP contribution in [0.4, 0.5) is 0 Å². The second kappa shape index (κ2) is 4.43. The molecule has 0 aromatic carbocycles. The Kier molecular flexibility index (Phi) is 4.60. The average Bonchev–Trinajstić information content (AvgIpc) is 1.61. The van der Waals surface area contributed by atoms with Crippen LogP contribution in [0, 0.1) is 0 Å².